The molecule has 0 radical (unpaired) electrons. The summed E-state index contributed by atoms with van der Waals surface area (Å²) in [6.07, 6.45) is 1.01. The molecule has 1 aliphatic heterocycles. The zero-order chi connectivity index (χ0) is 18.4. The molecule has 140 valence electrons. The number of carbonyl (C=O) groups excluding carboxylic acids is 1. The minimum absolute atomic E-state index is 0.00437. The van der Waals surface area contributed by atoms with Gasteiger partial charge in [-0.05, 0) is 44.3 Å². The molecule has 1 atom stereocenters. The first-order chi connectivity index (χ1) is 12.7. The molecule has 1 fully saturated rings. The van der Waals surface area contributed by atoms with Gasteiger partial charge in [-0.2, -0.15) is 0 Å². The number of aliphatic hydroxyl groups is 1. The number of hydrogen-bond acceptors (Lipinski definition) is 5. The fraction of sp³-hybridized carbons (Fsp3) is 0.476. The van der Waals surface area contributed by atoms with Crippen LogP contribution in [0.15, 0.2) is 42.5 Å². The molecule has 2 aromatic carbocycles. The van der Waals surface area contributed by atoms with Crippen LogP contribution >= 0.6 is 0 Å². The number of aliphatic hydroxyl groups excluding tert-OH is 1. The van der Waals surface area contributed by atoms with Crippen molar-refractivity contribution in [1.82, 2.24) is 4.90 Å². The second kappa shape index (κ2) is 9.01. The van der Waals surface area contributed by atoms with E-state index in [1.807, 2.05) is 49.4 Å². The maximum Gasteiger partial charge on any atom is 0.309 e. The third-order valence-electron chi connectivity index (χ3n) is 4.86. The number of rotatable bonds is 7. The number of β-amino-alcohol motifs (C(OH)–C–C–N with tert-alkyl or cyclic N) is 1. The average molecular weight is 357 g/mol. The molecule has 0 aliphatic carbocycles. The van der Waals surface area contributed by atoms with Gasteiger partial charge in [0, 0.05) is 11.9 Å². The number of likely N-dealkylation sites (tertiary alicyclic amines) is 1. The van der Waals surface area contributed by atoms with Crippen molar-refractivity contribution in [2.24, 2.45) is 5.92 Å². The quantitative estimate of drug-likeness (QED) is 0.772. The Balaban J connectivity index is 1.46. The van der Waals surface area contributed by atoms with Crippen molar-refractivity contribution in [2.45, 2.75) is 25.9 Å². The molecule has 2 aromatic rings. The second-order valence-electron chi connectivity index (χ2n) is 6.77. The van der Waals surface area contributed by atoms with Crippen molar-refractivity contribution in [1.29, 1.82) is 0 Å². The monoisotopic (exact) mass is 357 g/mol. The van der Waals surface area contributed by atoms with Crippen LogP contribution in [0.3, 0.4) is 0 Å². The Bertz CT molecular complexity index is 720. The summed E-state index contributed by atoms with van der Waals surface area (Å²) in [5, 5.41) is 12.5. The molecular weight excluding hydrogens is 330 g/mol. The Morgan fingerprint density at radius 1 is 1.19 bits per heavy atom. The fourth-order valence-corrected chi connectivity index (χ4v) is 3.47. The summed E-state index contributed by atoms with van der Waals surface area (Å²) in [5.74, 6) is 0.699. The van der Waals surface area contributed by atoms with Gasteiger partial charge in [0.15, 0.2) is 0 Å². The highest BCUT2D eigenvalue weighted by Crippen LogP contribution is 2.25. The highest BCUT2D eigenvalue weighted by Gasteiger charge is 2.26. The van der Waals surface area contributed by atoms with E-state index in [-0.39, 0.29) is 18.5 Å². The van der Waals surface area contributed by atoms with Crippen molar-refractivity contribution in [3.05, 3.63) is 42.5 Å². The molecule has 3 rings (SSSR count). The lowest BCUT2D eigenvalue weighted by atomic mass is 9.97. The summed E-state index contributed by atoms with van der Waals surface area (Å²) >= 11 is 0. The summed E-state index contributed by atoms with van der Waals surface area (Å²) in [4.78, 5) is 14.0. The van der Waals surface area contributed by atoms with Gasteiger partial charge in [-0.15, -0.1) is 0 Å². The van der Waals surface area contributed by atoms with Crippen LogP contribution in [0.2, 0.25) is 0 Å². The van der Waals surface area contributed by atoms with Gasteiger partial charge in [0.1, 0.15) is 18.5 Å². The van der Waals surface area contributed by atoms with Crippen molar-refractivity contribution >= 4 is 16.7 Å². The van der Waals surface area contributed by atoms with Gasteiger partial charge in [0.2, 0.25) is 0 Å². The highest BCUT2D eigenvalue weighted by atomic mass is 16.5. The van der Waals surface area contributed by atoms with E-state index < -0.39 is 6.10 Å². The smallest absolute Gasteiger partial charge is 0.309 e. The van der Waals surface area contributed by atoms with Crippen molar-refractivity contribution in [3.63, 3.8) is 0 Å². The molecule has 1 aliphatic rings. The number of piperidine rings is 1. The number of benzene rings is 2. The molecular formula is C21H27NO4. The SMILES string of the molecule is CCOC(=O)C1CCN(CC(O)COc2cccc3ccccc23)CC1. The number of nitrogens with zero attached hydrogens (tertiary/aromatic N) is 1. The van der Waals surface area contributed by atoms with Gasteiger partial charge in [-0.1, -0.05) is 36.4 Å². The van der Waals surface area contributed by atoms with Crippen LogP contribution in [-0.2, 0) is 9.53 Å². The zero-order valence-electron chi connectivity index (χ0n) is 15.3. The van der Waals surface area contributed by atoms with Gasteiger partial charge in [-0.25, -0.2) is 0 Å². The molecule has 0 amide bonds. The lowest BCUT2D eigenvalue weighted by molar-refractivity contribution is -0.149. The molecule has 5 nitrogen and oxygen atoms in total. The summed E-state index contributed by atoms with van der Waals surface area (Å²) in [5.41, 5.74) is 0. The molecule has 26 heavy (non-hydrogen) atoms. The Labute approximate surface area is 154 Å². The van der Waals surface area contributed by atoms with Crippen LogP contribution in [0.1, 0.15) is 19.8 Å². The number of ether oxygens (including phenoxy) is 2. The lowest BCUT2D eigenvalue weighted by Crippen LogP contribution is -2.42. The van der Waals surface area contributed by atoms with E-state index >= 15 is 0 Å². The summed E-state index contributed by atoms with van der Waals surface area (Å²) in [6.45, 7) is 4.68. The Morgan fingerprint density at radius 2 is 1.92 bits per heavy atom. The number of fused-ring (bicyclic) bond motifs is 1. The van der Waals surface area contributed by atoms with E-state index in [4.69, 9.17) is 9.47 Å². The van der Waals surface area contributed by atoms with E-state index in [1.54, 1.807) is 0 Å². The summed E-state index contributed by atoms with van der Waals surface area (Å²) in [7, 11) is 0. The van der Waals surface area contributed by atoms with Gasteiger partial charge in [-0.3, -0.25) is 4.79 Å². The molecule has 1 N–H and O–H groups in total. The van der Waals surface area contributed by atoms with Gasteiger partial charge in [0.05, 0.1) is 12.5 Å². The van der Waals surface area contributed by atoms with Gasteiger partial charge >= 0.3 is 5.97 Å². The van der Waals surface area contributed by atoms with Crippen LogP contribution in [-0.4, -0.2) is 54.9 Å². The van der Waals surface area contributed by atoms with E-state index in [0.717, 1.165) is 42.5 Å². The first-order valence-corrected chi connectivity index (χ1v) is 9.35. The van der Waals surface area contributed by atoms with Crippen molar-refractivity contribution in [3.8, 4) is 5.75 Å². The van der Waals surface area contributed by atoms with Crippen molar-refractivity contribution in [2.75, 3.05) is 32.8 Å². The third-order valence-corrected chi connectivity index (χ3v) is 4.86. The molecule has 1 heterocycles. The number of carbonyl (C=O) groups is 1. The first kappa shape index (κ1) is 18.7. The number of hydrogen-bond donors (Lipinski definition) is 1. The predicted molar refractivity (Wildman–Crippen MR) is 101 cm³/mol. The standard InChI is InChI=1S/C21H27NO4/c1-2-25-21(24)17-10-12-22(13-11-17)14-18(23)15-26-20-9-5-7-16-6-3-4-8-19(16)20/h3-9,17-18,23H,2,10-15H2,1H3. The molecule has 5 heteroatoms. The molecule has 0 aromatic heterocycles. The van der Waals surface area contributed by atoms with E-state index in [2.05, 4.69) is 4.90 Å². The molecule has 0 saturated carbocycles. The van der Waals surface area contributed by atoms with E-state index in [1.165, 1.54) is 0 Å². The minimum Gasteiger partial charge on any atom is -0.490 e. The third kappa shape index (κ3) is 4.74. The van der Waals surface area contributed by atoms with Gasteiger partial charge in [0.25, 0.3) is 0 Å². The minimum atomic E-state index is -0.562. The van der Waals surface area contributed by atoms with Crippen LogP contribution in [0.4, 0.5) is 0 Å². The topological polar surface area (TPSA) is 59.0 Å². The maximum atomic E-state index is 11.8. The van der Waals surface area contributed by atoms with Gasteiger partial charge < -0.3 is 19.5 Å². The van der Waals surface area contributed by atoms with Crippen LogP contribution in [0.5, 0.6) is 5.75 Å². The van der Waals surface area contributed by atoms with Crippen LogP contribution in [0, 0.1) is 5.92 Å². The predicted octanol–water partition coefficient (Wildman–Crippen LogP) is 2.85. The molecule has 1 unspecified atom stereocenters. The Morgan fingerprint density at radius 3 is 2.69 bits per heavy atom. The van der Waals surface area contributed by atoms with Crippen molar-refractivity contribution < 1.29 is 19.4 Å². The van der Waals surface area contributed by atoms with E-state index in [0.29, 0.717) is 13.2 Å². The second-order valence-corrected chi connectivity index (χ2v) is 6.77. The largest absolute Gasteiger partial charge is 0.490 e. The van der Waals surface area contributed by atoms with Crippen LogP contribution < -0.4 is 4.74 Å². The molecule has 1 saturated heterocycles. The zero-order valence-corrected chi connectivity index (χ0v) is 15.3. The average Bonchev–Trinajstić information content (AvgIpc) is 2.67. The Kier molecular flexibility index (Phi) is 6.47. The summed E-state index contributed by atoms with van der Waals surface area (Å²) in [6, 6.07) is 14.0. The number of esters is 1. The first-order valence-electron chi connectivity index (χ1n) is 9.35. The molecule has 0 bridgehead atoms. The van der Waals surface area contributed by atoms with E-state index in [9.17, 15) is 9.90 Å². The summed E-state index contributed by atoms with van der Waals surface area (Å²) < 4.78 is 11.0. The fourth-order valence-electron chi connectivity index (χ4n) is 3.47. The normalized spacial score (nSPS) is 17.2. The highest BCUT2D eigenvalue weighted by molar-refractivity contribution is 5.88. The maximum absolute atomic E-state index is 11.8. The van der Waals surface area contributed by atoms with Crippen LogP contribution in [0.25, 0.3) is 10.8 Å². The Hall–Kier alpha value is -2.11. The lowest BCUT2D eigenvalue weighted by Gasteiger charge is -2.32. The molecule has 0 spiro atoms.